The summed E-state index contributed by atoms with van der Waals surface area (Å²) in [6, 6.07) is -0.759. The predicted molar refractivity (Wildman–Crippen MR) is 139 cm³/mol. The van der Waals surface area contributed by atoms with Gasteiger partial charge in [0, 0.05) is 32.3 Å². The molecular formula is C27H50N4O3. The summed E-state index contributed by atoms with van der Waals surface area (Å²) >= 11 is 0. The summed E-state index contributed by atoms with van der Waals surface area (Å²) in [4.78, 5) is 45.3. The zero-order valence-electron chi connectivity index (χ0n) is 23.4. The first kappa shape index (κ1) is 30.1. The summed E-state index contributed by atoms with van der Waals surface area (Å²) < 4.78 is 0. The van der Waals surface area contributed by atoms with Crippen LogP contribution in [0, 0.1) is 11.8 Å². The Morgan fingerprint density at radius 2 is 1.65 bits per heavy atom. The SMILES string of the molecule is CCCN(C)C(=O)C(C)=C[C@H](C(C)C)N(C)C(=O)[C@@H](NC(=O)C1CCCCN1C(C)C)C(C)C. The van der Waals surface area contributed by atoms with Crippen LogP contribution in [-0.2, 0) is 14.4 Å². The van der Waals surface area contributed by atoms with Gasteiger partial charge in [-0.05, 0) is 58.4 Å². The van der Waals surface area contributed by atoms with Gasteiger partial charge in [0.05, 0.1) is 12.1 Å². The minimum Gasteiger partial charge on any atom is -0.343 e. The van der Waals surface area contributed by atoms with Crippen molar-refractivity contribution in [3.05, 3.63) is 11.6 Å². The van der Waals surface area contributed by atoms with Crippen molar-refractivity contribution in [1.29, 1.82) is 0 Å². The van der Waals surface area contributed by atoms with Crippen LogP contribution in [0.1, 0.15) is 81.1 Å². The number of carbonyl (C=O) groups is 3. The molecule has 0 aromatic carbocycles. The molecule has 0 aromatic rings. The third kappa shape index (κ3) is 8.10. The van der Waals surface area contributed by atoms with Crippen LogP contribution in [0.15, 0.2) is 11.6 Å². The van der Waals surface area contributed by atoms with Crippen LogP contribution in [0.4, 0.5) is 0 Å². The first-order valence-corrected chi connectivity index (χ1v) is 13.1. The number of nitrogens with one attached hydrogen (secondary N) is 1. The van der Waals surface area contributed by atoms with Gasteiger partial charge >= 0.3 is 0 Å². The second-order valence-electron chi connectivity index (χ2n) is 10.8. The van der Waals surface area contributed by atoms with E-state index in [-0.39, 0.29) is 47.7 Å². The van der Waals surface area contributed by atoms with Crippen molar-refractivity contribution in [2.45, 2.75) is 105 Å². The molecule has 196 valence electrons. The van der Waals surface area contributed by atoms with E-state index in [0.29, 0.717) is 12.1 Å². The number of amides is 3. The molecule has 1 aliphatic rings. The molecular weight excluding hydrogens is 428 g/mol. The number of nitrogens with zero attached hydrogens (tertiary/aromatic N) is 3. The minimum atomic E-state index is -0.609. The Balaban J connectivity index is 3.08. The number of rotatable bonds is 11. The molecule has 1 N–H and O–H groups in total. The number of piperidine rings is 1. The fourth-order valence-corrected chi connectivity index (χ4v) is 4.80. The van der Waals surface area contributed by atoms with Gasteiger partial charge in [0.15, 0.2) is 0 Å². The number of likely N-dealkylation sites (tertiary alicyclic amines) is 1. The third-order valence-electron chi connectivity index (χ3n) is 6.88. The lowest BCUT2D eigenvalue weighted by Gasteiger charge is -2.39. The second-order valence-corrected chi connectivity index (χ2v) is 10.8. The Morgan fingerprint density at radius 3 is 2.15 bits per heavy atom. The standard InChI is InChI=1S/C27H50N4O3/c1-11-15-29(9)26(33)21(8)17-23(18(2)3)30(10)27(34)24(19(4)5)28-25(32)22-14-12-13-16-31(22)20(6)7/h17-20,22-24H,11-16H2,1-10H3,(H,28,32)/t22?,23-,24+/m1/s1. The van der Waals surface area contributed by atoms with E-state index in [9.17, 15) is 14.4 Å². The zero-order valence-corrected chi connectivity index (χ0v) is 23.4. The highest BCUT2D eigenvalue weighted by atomic mass is 16.2. The molecule has 7 nitrogen and oxygen atoms in total. The summed E-state index contributed by atoms with van der Waals surface area (Å²) in [5, 5.41) is 3.09. The second kappa shape index (κ2) is 13.9. The van der Waals surface area contributed by atoms with Gasteiger partial charge in [-0.25, -0.2) is 0 Å². The third-order valence-corrected chi connectivity index (χ3v) is 6.88. The van der Waals surface area contributed by atoms with Gasteiger partial charge in [-0.15, -0.1) is 0 Å². The Hall–Kier alpha value is -1.89. The molecule has 1 fully saturated rings. The van der Waals surface area contributed by atoms with Gasteiger partial charge in [-0.1, -0.05) is 47.1 Å². The van der Waals surface area contributed by atoms with Gasteiger partial charge in [0.25, 0.3) is 0 Å². The number of carbonyl (C=O) groups excluding carboxylic acids is 3. The Morgan fingerprint density at radius 1 is 1.03 bits per heavy atom. The molecule has 0 aromatic heterocycles. The molecule has 1 saturated heterocycles. The van der Waals surface area contributed by atoms with Crippen molar-refractivity contribution >= 4 is 17.7 Å². The summed E-state index contributed by atoms with van der Waals surface area (Å²) in [6.07, 6.45) is 5.75. The van der Waals surface area contributed by atoms with E-state index in [2.05, 4.69) is 24.1 Å². The van der Waals surface area contributed by atoms with Crippen LogP contribution in [0.2, 0.25) is 0 Å². The number of hydrogen-bond donors (Lipinski definition) is 1. The van der Waals surface area contributed by atoms with Crippen molar-refractivity contribution in [2.24, 2.45) is 11.8 Å². The van der Waals surface area contributed by atoms with Crippen molar-refractivity contribution in [1.82, 2.24) is 20.0 Å². The van der Waals surface area contributed by atoms with Gasteiger partial charge in [0.2, 0.25) is 17.7 Å². The quantitative estimate of drug-likeness (QED) is 0.460. The molecule has 34 heavy (non-hydrogen) atoms. The topological polar surface area (TPSA) is 73.0 Å². The maximum atomic E-state index is 13.6. The molecule has 0 saturated carbocycles. The van der Waals surface area contributed by atoms with Gasteiger partial charge in [-0.2, -0.15) is 0 Å². The van der Waals surface area contributed by atoms with Crippen molar-refractivity contribution in [2.75, 3.05) is 27.2 Å². The summed E-state index contributed by atoms with van der Waals surface area (Å²) in [7, 11) is 3.58. The fraction of sp³-hybridized carbons (Fsp3) is 0.815. The van der Waals surface area contributed by atoms with Crippen molar-refractivity contribution < 1.29 is 14.4 Å². The Labute approximate surface area is 208 Å². The highest BCUT2D eigenvalue weighted by molar-refractivity contribution is 5.93. The molecule has 1 rings (SSSR count). The lowest BCUT2D eigenvalue weighted by Crippen LogP contribution is -2.58. The molecule has 3 amide bonds. The van der Waals surface area contributed by atoms with E-state index in [1.54, 1.807) is 23.9 Å². The van der Waals surface area contributed by atoms with Gasteiger partial charge in [0.1, 0.15) is 6.04 Å². The highest BCUT2D eigenvalue weighted by Gasteiger charge is 2.36. The molecule has 0 spiro atoms. The van der Waals surface area contributed by atoms with Crippen LogP contribution < -0.4 is 5.32 Å². The predicted octanol–water partition coefficient (Wildman–Crippen LogP) is 3.69. The molecule has 0 bridgehead atoms. The smallest absolute Gasteiger partial charge is 0.248 e. The average Bonchev–Trinajstić information content (AvgIpc) is 2.78. The summed E-state index contributed by atoms with van der Waals surface area (Å²) in [5.74, 6) is -0.129. The van der Waals surface area contributed by atoms with E-state index in [1.807, 2.05) is 47.6 Å². The van der Waals surface area contributed by atoms with E-state index in [4.69, 9.17) is 0 Å². The van der Waals surface area contributed by atoms with E-state index < -0.39 is 6.04 Å². The van der Waals surface area contributed by atoms with Crippen LogP contribution in [0.3, 0.4) is 0 Å². The molecule has 7 heteroatoms. The first-order valence-electron chi connectivity index (χ1n) is 13.1. The highest BCUT2D eigenvalue weighted by Crippen LogP contribution is 2.21. The van der Waals surface area contributed by atoms with Crippen LogP contribution in [0.5, 0.6) is 0 Å². The van der Waals surface area contributed by atoms with E-state index in [1.165, 1.54) is 0 Å². The lowest BCUT2D eigenvalue weighted by molar-refractivity contribution is -0.140. The number of hydrogen-bond acceptors (Lipinski definition) is 4. The van der Waals surface area contributed by atoms with E-state index in [0.717, 1.165) is 32.2 Å². The maximum Gasteiger partial charge on any atom is 0.248 e. The monoisotopic (exact) mass is 478 g/mol. The number of likely N-dealkylation sites (N-methyl/N-ethyl adjacent to an activating group) is 2. The zero-order chi connectivity index (χ0) is 26.2. The van der Waals surface area contributed by atoms with Crippen LogP contribution in [0.25, 0.3) is 0 Å². The minimum absolute atomic E-state index is 0.0202. The lowest BCUT2D eigenvalue weighted by atomic mass is 9.95. The molecule has 3 atom stereocenters. The molecule has 1 unspecified atom stereocenters. The van der Waals surface area contributed by atoms with Crippen molar-refractivity contribution in [3.63, 3.8) is 0 Å². The average molecular weight is 479 g/mol. The Bertz CT molecular complexity index is 717. The molecule has 0 radical (unpaired) electrons. The Kier molecular flexibility index (Phi) is 12.3. The molecule has 0 aliphatic carbocycles. The molecule has 1 aliphatic heterocycles. The van der Waals surface area contributed by atoms with E-state index >= 15 is 0 Å². The summed E-state index contributed by atoms with van der Waals surface area (Å²) in [5.41, 5.74) is 0.634. The largest absolute Gasteiger partial charge is 0.343 e. The van der Waals surface area contributed by atoms with Gasteiger partial charge < -0.3 is 15.1 Å². The molecule has 1 heterocycles. The maximum absolute atomic E-state index is 13.6. The normalized spacial score (nSPS) is 19.3. The van der Waals surface area contributed by atoms with Crippen LogP contribution in [-0.4, -0.2) is 83.8 Å². The van der Waals surface area contributed by atoms with Gasteiger partial charge in [-0.3, -0.25) is 19.3 Å². The fourth-order valence-electron chi connectivity index (χ4n) is 4.80. The summed E-state index contributed by atoms with van der Waals surface area (Å²) in [6.45, 7) is 17.7. The first-order chi connectivity index (χ1) is 15.8. The van der Waals surface area contributed by atoms with Crippen molar-refractivity contribution in [3.8, 4) is 0 Å². The van der Waals surface area contributed by atoms with Crippen LogP contribution >= 0.6 is 0 Å².